The molecular formula is C14H14FN3OS. The Morgan fingerprint density at radius 3 is 3.10 bits per heavy atom. The summed E-state index contributed by atoms with van der Waals surface area (Å²) in [4.78, 5) is 5.41. The fourth-order valence-corrected chi connectivity index (χ4v) is 2.88. The average molecular weight is 291 g/mol. The van der Waals surface area contributed by atoms with Gasteiger partial charge in [-0.15, -0.1) is 11.3 Å². The van der Waals surface area contributed by atoms with Gasteiger partial charge in [0.05, 0.1) is 30.7 Å². The number of nitrogens with one attached hydrogen (secondary N) is 1. The summed E-state index contributed by atoms with van der Waals surface area (Å²) in [7, 11) is 1.56. The lowest BCUT2D eigenvalue weighted by Gasteiger charge is -2.09. The molecule has 3 aromatic rings. The molecule has 0 radical (unpaired) electrons. The van der Waals surface area contributed by atoms with Crippen molar-refractivity contribution in [1.29, 1.82) is 0 Å². The summed E-state index contributed by atoms with van der Waals surface area (Å²) >= 11 is 1.58. The molecule has 0 aliphatic carbocycles. The van der Waals surface area contributed by atoms with Gasteiger partial charge in [-0.2, -0.15) is 0 Å². The summed E-state index contributed by atoms with van der Waals surface area (Å²) in [6.07, 6.45) is 1.97. The first kappa shape index (κ1) is 12.9. The predicted octanol–water partition coefficient (Wildman–Crippen LogP) is 3.46. The topological polar surface area (TPSA) is 38.6 Å². The Kier molecular flexibility index (Phi) is 3.31. The van der Waals surface area contributed by atoms with Crippen LogP contribution in [0.5, 0.6) is 5.75 Å². The third-order valence-electron chi connectivity index (χ3n) is 3.18. The molecule has 0 atom stereocenters. The number of rotatable bonds is 4. The van der Waals surface area contributed by atoms with Crippen molar-refractivity contribution in [3.63, 3.8) is 0 Å². The van der Waals surface area contributed by atoms with Gasteiger partial charge in [-0.3, -0.25) is 4.40 Å². The van der Waals surface area contributed by atoms with Crippen molar-refractivity contribution in [3.05, 3.63) is 47.0 Å². The zero-order valence-electron chi connectivity index (χ0n) is 11.2. The Bertz CT molecular complexity index is 750. The van der Waals surface area contributed by atoms with Crippen molar-refractivity contribution in [2.45, 2.75) is 13.5 Å². The van der Waals surface area contributed by atoms with Crippen LogP contribution in [0.2, 0.25) is 0 Å². The van der Waals surface area contributed by atoms with E-state index in [2.05, 4.69) is 10.3 Å². The lowest BCUT2D eigenvalue weighted by molar-refractivity contribution is 0.414. The van der Waals surface area contributed by atoms with Gasteiger partial charge in [0.1, 0.15) is 11.6 Å². The number of thiazole rings is 1. The molecule has 20 heavy (non-hydrogen) atoms. The van der Waals surface area contributed by atoms with Gasteiger partial charge in [-0.1, -0.05) is 0 Å². The highest BCUT2D eigenvalue weighted by molar-refractivity contribution is 7.15. The van der Waals surface area contributed by atoms with Gasteiger partial charge in [-0.05, 0) is 19.1 Å². The molecule has 2 heterocycles. The molecule has 0 amide bonds. The molecule has 3 rings (SSSR count). The van der Waals surface area contributed by atoms with Gasteiger partial charge in [0.2, 0.25) is 0 Å². The fraction of sp³-hybridized carbons (Fsp3) is 0.214. The first-order valence-corrected chi connectivity index (χ1v) is 7.05. The van der Waals surface area contributed by atoms with E-state index >= 15 is 0 Å². The van der Waals surface area contributed by atoms with Crippen LogP contribution < -0.4 is 10.1 Å². The number of benzene rings is 1. The average Bonchev–Trinajstić information content (AvgIpc) is 2.99. The van der Waals surface area contributed by atoms with Crippen molar-refractivity contribution >= 4 is 22.0 Å². The first-order valence-electron chi connectivity index (χ1n) is 6.17. The maximum absolute atomic E-state index is 13.8. The quantitative estimate of drug-likeness (QED) is 0.800. The van der Waals surface area contributed by atoms with Crippen LogP contribution in [0.4, 0.5) is 10.1 Å². The van der Waals surface area contributed by atoms with Crippen molar-refractivity contribution in [2.75, 3.05) is 12.4 Å². The maximum Gasteiger partial charge on any atom is 0.194 e. The van der Waals surface area contributed by atoms with E-state index < -0.39 is 0 Å². The van der Waals surface area contributed by atoms with Crippen LogP contribution in [0.15, 0.2) is 29.8 Å². The highest BCUT2D eigenvalue weighted by atomic mass is 32.1. The van der Waals surface area contributed by atoms with Crippen LogP contribution >= 0.6 is 11.3 Å². The fourth-order valence-electron chi connectivity index (χ4n) is 2.10. The van der Waals surface area contributed by atoms with E-state index in [4.69, 9.17) is 4.74 Å². The highest BCUT2D eigenvalue weighted by Gasteiger charge is 2.10. The molecule has 4 nitrogen and oxygen atoms in total. The minimum Gasteiger partial charge on any atom is -0.497 e. The second-order valence-corrected chi connectivity index (χ2v) is 5.27. The van der Waals surface area contributed by atoms with Crippen LogP contribution in [0.3, 0.4) is 0 Å². The molecule has 1 aromatic carbocycles. The molecule has 6 heteroatoms. The number of methoxy groups -OCH3 is 1. The summed E-state index contributed by atoms with van der Waals surface area (Å²) in [6, 6.07) is 4.64. The molecule has 0 unspecified atom stereocenters. The third-order valence-corrected chi connectivity index (χ3v) is 3.94. The van der Waals surface area contributed by atoms with E-state index in [0.29, 0.717) is 18.0 Å². The lowest BCUT2D eigenvalue weighted by Crippen LogP contribution is -2.05. The van der Waals surface area contributed by atoms with Gasteiger partial charge in [0.15, 0.2) is 4.96 Å². The van der Waals surface area contributed by atoms with Crippen molar-refractivity contribution < 1.29 is 9.13 Å². The van der Waals surface area contributed by atoms with Crippen LogP contribution in [0, 0.1) is 12.7 Å². The molecule has 0 spiro atoms. The Hall–Kier alpha value is -2.08. The van der Waals surface area contributed by atoms with Crippen molar-refractivity contribution in [1.82, 2.24) is 9.38 Å². The molecule has 0 fully saturated rings. The maximum atomic E-state index is 13.8. The standard InChI is InChI=1S/C14H14FN3OS/c1-9-13(18-5-6-20-14(18)17-9)8-16-12-7-10(19-2)3-4-11(12)15/h3-7,16H,8H2,1-2H3. The number of halogens is 1. The van der Waals surface area contributed by atoms with Gasteiger partial charge in [0.25, 0.3) is 0 Å². The van der Waals surface area contributed by atoms with Gasteiger partial charge in [-0.25, -0.2) is 9.37 Å². The van der Waals surface area contributed by atoms with Gasteiger partial charge >= 0.3 is 0 Å². The molecule has 2 aromatic heterocycles. The predicted molar refractivity (Wildman–Crippen MR) is 78.1 cm³/mol. The van der Waals surface area contributed by atoms with E-state index in [0.717, 1.165) is 16.3 Å². The van der Waals surface area contributed by atoms with Crippen LogP contribution in [-0.4, -0.2) is 16.5 Å². The summed E-state index contributed by atoms with van der Waals surface area (Å²) in [5, 5.41) is 5.09. The first-order chi connectivity index (χ1) is 9.69. The van der Waals surface area contributed by atoms with Gasteiger partial charge in [0, 0.05) is 17.6 Å². The highest BCUT2D eigenvalue weighted by Crippen LogP contribution is 2.23. The van der Waals surface area contributed by atoms with Crippen molar-refractivity contribution in [3.8, 4) is 5.75 Å². The number of imidazole rings is 1. The number of anilines is 1. The number of aryl methyl sites for hydroxylation is 1. The van der Waals surface area contributed by atoms with Gasteiger partial charge < -0.3 is 10.1 Å². The number of fused-ring (bicyclic) bond motifs is 1. The Morgan fingerprint density at radius 2 is 2.30 bits per heavy atom. The smallest absolute Gasteiger partial charge is 0.194 e. The second kappa shape index (κ2) is 5.13. The van der Waals surface area contributed by atoms with E-state index in [9.17, 15) is 4.39 Å². The molecule has 1 N–H and O–H groups in total. The van der Waals surface area contributed by atoms with Crippen molar-refractivity contribution in [2.24, 2.45) is 0 Å². The van der Waals surface area contributed by atoms with E-state index in [1.165, 1.54) is 6.07 Å². The molecule has 0 saturated carbocycles. The minimum absolute atomic E-state index is 0.297. The summed E-state index contributed by atoms with van der Waals surface area (Å²) in [5.74, 6) is 0.328. The van der Waals surface area contributed by atoms with Crippen LogP contribution in [-0.2, 0) is 6.54 Å². The molecule has 104 valence electrons. The molecule has 0 saturated heterocycles. The monoisotopic (exact) mass is 291 g/mol. The molecular weight excluding hydrogens is 277 g/mol. The number of hydrogen-bond donors (Lipinski definition) is 1. The Balaban J connectivity index is 1.86. The normalized spacial score (nSPS) is 10.9. The van der Waals surface area contributed by atoms with Crippen LogP contribution in [0.25, 0.3) is 4.96 Å². The van der Waals surface area contributed by atoms with E-state index in [-0.39, 0.29) is 5.82 Å². The Morgan fingerprint density at radius 1 is 1.45 bits per heavy atom. The Labute approximate surface area is 119 Å². The van der Waals surface area contributed by atoms with E-state index in [1.807, 2.05) is 22.9 Å². The minimum atomic E-state index is -0.297. The number of ether oxygens (including phenoxy) is 1. The summed E-state index contributed by atoms with van der Waals surface area (Å²) < 4.78 is 20.9. The zero-order valence-corrected chi connectivity index (χ0v) is 12.0. The third kappa shape index (κ3) is 2.22. The molecule has 0 aliphatic heterocycles. The molecule has 0 aliphatic rings. The number of aromatic nitrogens is 2. The zero-order chi connectivity index (χ0) is 14.1. The summed E-state index contributed by atoms with van der Waals surface area (Å²) in [6.45, 7) is 2.46. The van der Waals surface area contributed by atoms with Crippen LogP contribution in [0.1, 0.15) is 11.4 Å². The summed E-state index contributed by atoms with van der Waals surface area (Å²) in [5.41, 5.74) is 2.41. The number of nitrogens with zero attached hydrogens (tertiary/aromatic N) is 2. The SMILES string of the molecule is COc1ccc(F)c(NCc2c(C)nc3sccn23)c1. The largest absolute Gasteiger partial charge is 0.497 e. The van der Waals surface area contributed by atoms with E-state index in [1.54, 1.807) is 30.6 Å². The second-order valence-electron chi connectivity index (χ2n) is 4.40. The number of hydrogen-bond acceptors (Lipinski definition) is 4. The lowest BCUT2D eigenvalue weighted by atomic mass is 10.2. The molecule has 0 bridgehead atoms.